The fraction of sp³-hybridized carbons (Fsp3) is 0.278. The second-order valence-corrected chi connectivity index (χ2v) is 7.70. The molecule has 0 unspecified atom stereocenters. The first-order chi connectivity index (χ1) is 12.1. The monoisotopic (exact) mass is 382 g/mol. The smallest absolute Gasteiger partial charge is 0.258 e. The standard InChI is InChI=1S/C18H20F2N2O3S/c1-4-12(3)22-26(24,25)14-7-8-16(19)15(10-14)18(23)21-13-6-5-11(2)17(20)9-13/h5-10,12,22H,4H2,1-3H3,(H,21,23)/t12-/m1/s1. The Labute approximate surface area is 151 Å². The van der Waals surface area contributed by atoms with E-state index in [1.807, 2.05) is 6.92 Å². The third-order valence-electron chi connectivity index (χ3n) is 3.89. The van der Waals surface area contributed by atoms with E-state index in [0.717, 1.165) is 24.3 Å². The summed E-state index contributed by atoms with van der Waals surface area (Å²) in [7, 11) is -3.89. The van der Waals surface area contributed by atoms with E-state index in [2.05, 4.69) is 10.0 Å². The molecule has 0 aliphatic rings. The molecular formula is C18H20F2N2O3S. The summed E-state index contributed by atoms with van der Waals surface area (Å²) in [4.78, 5) is 12.1. The van der Waals surface area contributed by atoms with Crippen molar-refractivity contribution in [2.24, 2.45) is 0 Å². The highest BCUT2D eigenvalue weighted by molar-refractivity contribution is 7.89. The van der Waals surface area contributed by atoms with Gasteiger partial charge in [0.15, 0.2) is 0 Å². The molecule has 2 rings (SSSR count). The molecule has 0 saturated heterocycles. The van der Waals surface area contributed by atoms with Crippen LogP contribution in [0, 0.1) is 18.6 Å². The van der Waals surface area contributed by atoms with E-state index in [9.17, 15) is 22.0 Å². The lowest BCUT2D eigenvalue weighted by Crippen LogP contribution is -2.32. The number of carbonyl (C=O) groups excluding carboxylic acids is 1. The quantitative estimate of drug-likeness (QED) is 0.802. The van der Waals surface area contributed by atoms with Gasteiger partial charge in [0.2, 0.25) is 10.0 Å². The Morgan fingerprint density at radius 2 is 1.81 bits per heavy atom. The molecule has 0 bridgehead atoms. The van der Waals surface area contributed by atoms with Crippen molar-refractivity contribution >= 4 is 21.6 Å². The van der Waals surface area contributed by atoms with Crippen LogP contribution in [-0.2, 0) is 10.0 Å². The van der Waals surface area contributed by atoms with Gasteiger partial charge in [0.05, 0.1) is 10.5 Å². The first-order valence-electron chi connectivity index (χ1n) is 8.03. The molecule has 8 heteroatoms. The number of hydrogen-bond acceptors (Lipinski definition) is 3. The van der Waals surface area contributed by atoms with E-state index in [1.165, 1.54) is 12.1 Å². The number of carbonyl (C=O) groups is 1. The maximum absolute atomic E-state index is 14.0. The Morgan fingerprint density at radius 3 is 2.42 bits per heavy atom. The van der Waals surface area contributed by atoms with Crippen LogP contribution in [0.25, 0.3) is 0 Å². The SMILES string of the molecule is CC[C@@H](C)NS(=O)(=O)c1ccc(F)c(C(=O)Nc2ccc(C)c(F)c2)c1. The van der Waals surface area contributed by atoms with Gasteiger partial charge in [-0.3, -0.25) is 4.79 Å². The van der Waals surface area contributed by atoms with Crippen molar-refractivity contribution < 1.29 is 22.0 Å². The molecule has 0 saturated carbocycles. The molecule has 2 aromatic carbocycles. The minimum absolute atomic E-state index is 0.142. The lowest BCUT2D eigenvalue weighted by molar-refractivity contribution is 0.102. The Hall–Kier alpha value is -2.32. The molecule has 26 heavy (non-hydrogen) atoms. The van der Waals surface area contributed by atoms with Crippen LogP contribution < -0.4 is 10.0 Å². The third kappa shape index (κ3) is 4.64. The third-order valence-corrected chi connectivity index (χ3v) is 5.48. The topological polar surface area (TPSA) is 75.3 Å². The summed E-state index contributed by atoms with van der Waals surface area (Å²) in [6.07, 6.45) is 0.576. The van der Waals surface area contributed by atoms with E-state index in [1.54, 1.807) is 13.8 Å². The molecular weight excluding hydrogens is 362 g/mol. The molecule has 1 amide bonds. The van der Waals surface area contributed by atoms with Gasteiger partial charge in [0.1, 0.15) is 11.6 Å². The number of anilines is 1. The first kappa shape index (κ1) is 20.0. The maximum Gasteiger partial charge on any atom is 0.258 e. The van der Waals surface area contributed by atoms with E-state index >= 15 is 0 Å². The Morgan fingerprint density at radius 1 is 1.12 bits per heavy atom. The normalized spacial score (nSPS) is 12.7. The molecule has 0 radical (unpaired) electrons. The van der Waals surface area contributed by atoms with Gasteiger partial charge in [-0.15, -0.1) is 0 Å². The summed E-state index contributed by atoms with van der Waals surface area (Å²) in [5.41, 5.74) is 0.0971. The summed E-state index contributed by atoms with van der Waals surface area (Å²) >= 11 is 0. The van der Waals surface area contributed by atoms with Crippen molar-refractivity contribution in [2.45, 2.75) is 38.1 Å². The Kier molecular flexibility index (Phi) is 6.09. The highest BCUT2D eigenvalue weighted by Crippen LogP contribution is 2.19. The highest BCUT2D eigenvalue weighted by atomic mass is 32.2. The predicted molar refractivity (Wildman–Crippen MR) is 95.6 cm³/mol. The number of hydrogen-bond donors (Lipinski definition) is 2. The van der Waals surface area contributed by atoms with Gasteiger partial charge in [0.25, 0.3) is 5.91 Å². The number of amides is 1. The van der Waals surface area contributed by atoms with Gasteiger partial charge < -0.3 is 5.32 Å². The number of aryl methyl sites for hydroxylation is 1. The Balaban J connectivity index is 2.31. The summed E-state index contributed by atoms with van der Waals surface area (Å²) in [5.74, 6) is -2.26. The molecule has 0 aromatic heterocycles. The zero-order valence-corrected chi connectivity index (χ0v) is 15.5. The maximum atomic E-state index is 14.0. The largest absolute Gasteiger partial charge is 0.322 e. The fourth-order valence-electron chi connectivity index (χ4n) is 2.13. The number of nitrogens with one attached hydrogen (secondary N) is 2. The van der Waals surface area contributed by atoms with Gasteiger partial charge in [-0.25, -0.2) is 21.9 Å². The van der Waals surface area contributed by atoms with Crippen LogP contribution in [0.5, 0.6) is 0 Å². The van der Waals surface area contributed by atoms with Gasteiger partial charge >= 0.3 is 0 Å². The number of rotatable bonds is 6. The van der Waals surface area contributed by atoms with Crippen molar-refractivity contribution in [1.82, 2.24) is 4.72 Å². The highest BCUT2D eigenvalue weighted by Gasteiger charge is 2.21. The molecule has 5 nitrogen and oxygen atoms in total. The zero-order valence-electron chi connectivity index (χ0n) is 14.6. The number of benzene rings is 2. The molecule has 0 heterocycles. The van der Waals surface area contributed by atoms with Crippen LogP contribution in [0.2, 0.25) is 0 Å². The van der Waals surface area contributed by atoms with Crippen molar-refractivity contribution in [3.63, 3.8) is 0 Å². The van der Waals surface area contributed by atoms with Gasteiger partial charge in [-0.05, 0) is 56.2 Å². The van der Waals surface area contributed by atoms with Crippen molar-refractivity contribution in [3.05, 3.63) is 59.2 Å². The van der Waals surface area contributed by atoms with Gasteiger partial charge in [0, 0.05) is 11.7 Å². The summed E-state index contributed by atoms with van der Waals surface area (Å²) in [6, 6.07) is 6.70. The molecule has 0 aliphatic carbocycles. The summed E-state index contributed by atoms with van der Waals surface area (Å²) in [6.45, 7) is 5.08. The number of sulfonamides is 1. The van der Waals surface area contributed by atoms with Crippen molar-refractivity contribution in [2.75, 3.05) is 5.32 Å². The van der Waals surface area contributed by atoms with E-state index in [0.29, 0.717) is 12.0 Å². The molecule has 140 valence electrons. The summed E-state index contributed by atoms with van der Waals surface area (Å²) < 4.78 is 54.7. The second kappa shape index (κ2) is 7.92. The predicted octanol–water partition coefficient (Wildman–Crippen LogP) is 3.60. The molecule has 0 fully saturated rings. The lowest BCUT2D eigenvalue weighted by Gasteiger charge is -2.13. The van der Waals surface area contributed by atoms with Crippen LogP contribution >= 0.6 is 0 Å². The van der Waals surface area contributed by atoms with Crippen molar-refractivity contribution in [1.29, 1.82) is 0 Å². The minimum Gasteiger partial charge on any atom is -0.322 e. The molecule has 0 spiro atoms. The van der Waals surface area contributed by atoms with Crippen LogP contribution in [0.3, 0.4) is 0 Å². The molecule has 1 atom stereocenters. The molecule has 0 aliphatic heterocycles. The minimum atomic E-state index is -3.89. The van der Waals surface area contributed by atoms with E-state index in [-0.39, 0.29) is 16.6 Å². The molecule has 2 aromatic rings. The Bertz CT molecular complexity index is 930. The first-order valence-corrected chi connectivity index (χ1v) is 9.51. The average molecular weight is 382 g/mol. The van der Waals surface area contributed by atoms with Gasteiger partial charge in [-0.2, -0.15) is 0 Å². The fourth-order valence-corrected chi connectivity index (χ4v) is 3.48. The van der Waals surface area contributed by atoms with Gasteiger partial charge in [-0.1, -0.05) is 13.0 Å². The van der Waals surface area contributed by atoms with E-state index in [4.69, 9.17) is 0 Å². The van der Waals surface area contributed by atoms with Crippen LogP contribution in [-0.4, -0.2) is 20.4 Å². The summed E-state index contributed by atoms with van der Waals surface area (Å²) in [5, 5.41) is 2.36. The van der Waals surface area contributed by atoms with Crippen LogP contribution in [0.1, 0.15) is 36.2 Å². The lowest BCUT2D eigenvalue weighted by atomic mass is 10.1. The zero-order chi connectivity index (χ0) is 19.5. The van der Waals surface area contributed by atoms with E-state index < -0.39 is 33.1 Å². The van der Waals surface area contributed by atoms with Crippen LogP contribution in [0.15, 0.2) is 41.3 Å². The van der Waals surface area contributed by atoms with Crippen molar-refractivity contribution in [3.8, 4) is 0 Å². The molecule has 2 N–H and O–H groups in total. The second-order valence-electron chi connectivity index (χ2n) is 5.99. The number of halogens is 2. The van der Waals surface area contributed by atoms with Crippen LogP contribution in [0.4, 0.5) is 14.5 Å². The average Bonchev–Trinajstić information content (AvgIpc) is 2.57.